The van der Waals surface area contributed by atoms with Crippen LogP contribution in [0, 0.1) is 11.3 Å². The van der Waals surface area contributed by atoms with Crippen molar-refractivity contribution in [3.63, 3.8) is 0 Å². The lowest BCUT2D eigenvalue weighted by Gasteiger charge is -2.34. The van der Waals surface area contributed by atoms with Crippen molar-refractivity contribution in [2.24, 2.45) is 0 Å². The van der Waals surface area contributed by atoms with Crippen LogP contribution >= 0.6 is 15.9 Å². The molecule has 8 nitrogen and oxygen atoms in total. The number of benzene rings is 2. The van der Waals surface area contributed by atoms with Gasteiger partial charge in [0.05, 0.1) is 32.3 Å². The zero-order chi connectivity index (χ0) is 26.9. The number of halogens is 1. The number of methoxy groups -OCH3 is 2. The molecule has 0 aliphatic carbocycles. The number of hydrogen-bond donors (Lipinski definition) is 1. The minimum absolute atomic E-state index is 0.357. The molecule has 2 aromatic carbocycles. The number of rotatable bonds is 11. The van der Waals surface area contributed by atoms with Crippen molar-refractivity contribution in [3.05, 3.63) is 80.1 Å². The van der Waals surface area contributed by atoms with Crippen LogP contribution in [0.4, 0.5) is 0 Å². The first-order valence-electron chi connectivity index (χ1n) is 12.7. The molecule has 38 heavy (non-hydrogen) atoms. The Labute approximate surface area is 231 Å². The molecule has 0 radical (unpaired) electrons. The molecule has 0 unspecified atom stereocenters. The second-order valence-corrected chi connectivity index (χ2v) is 10.1. The van der Waals surface area contributed by atoms with Gasteiger partial charge in [0, 0.05) is 62.4 Å². The van der Waals surface area contributed by atoms with E-state index < -0.39 is 0 Å². The van der Waals surface area contributed by atoms with E-state index in [4.69, 9.17) is 19.2 Å². The second-order valence-electron chi connectivity index (χ2n) is 9.25. The van der Waals surface area contributed by atoms with E-state index in [0.29, 0.717) is 41.4 Å². The smallest absolute Gasteiger partial charge is 0.340 e. The largest absolute Gasteiger partial charge is 0.493 e. The van der Waals surface area contributed by atoms with E-state index in [9.17, 15) is 4.79 Å². The van der Waals surface area contributed by atoms with Gasteiger partial charge in [-0.25, -0.2) is 4.79 Å². The summed E-state index contributed by atoms with van der Waals surface area (Å²) in [6, 6.07) is 17.7. The molecule has 1 aliphatic rings. The van der Waals surface area contributed by atoms with Gasteiger partial charge in [-0.3, -0.25) is 9.80 Å². The first-order chi connectivity index (χ1) is 18.5. The first-order valence-corrected chi connectivity index (χ1v) is 13.4. The maximum atomic E-state index is 12.6. The van der Waals surface area contributed by atoms with Crippen LogP contribution in [0.3, 0.4) is 0 Å². The van der Waals surface area contributed by atoms with E-state index in [0.717, 1.165) is 55.8 Å². The van der Waals surface area contributed by atoms with Crippen LogP contribution < -0.4 is 20.4 Å². The van der Waals surface area contributed by atoms with Gasteiger partial charge >= 0.3 is 5.63 Å². The molecular formula is C29H33BrN4O4. The predicted molar refractivity (Wildman–Crippen MR) is 150 cm³/mol. The Kier molecular flexibility index (Phi) is 9.96. The molecule has 0 spiro atoms. The average molecular weight is 582 g/mol. The van der Waals surface area contributed by atoms with Crippen molar-refractivity contribution in [2.75, 3.05) is 53.5 Å². The molecule has 0 saturated carbocycles. The van der Waals surface area contributed by atoms with E-state index in [1.54, 1.807) is 32.4 Å². The number of nitrogens with one attached hydrogen (secondary N) is 1. The lowest BCUT2D eigenvalue weighted by atomic mass is 10.1. The third kappa shape index (κ3) is 7.23. The van der Waals surface area contributed by atoms with Crippen LogP contribution in [0.15, 0.2) is 62.2 Å². The van der Waals surface area contributed by atoms with E-state index in [2.05, 4.69) is 49.2 Å². The molecule has 9 heteroatoms. The summed E-state index contributed by atoms with van der Waals surface area (Å²) in [4.78, 5) is 17.5. The normalized spacial score (nSPS) is 14.3. The van der Waals surface area contributed by atoms with Crippen LogP contribution in [0.2, 0.25) is 0 Å². The fraction of sp³-hybridized carbons (Fsp3) is 0.379. The summed E-state index contributed by atoms with van der Waals surface area (Å²) in [5.74, 6) is 1.61. The van der Waals surface area contributed by atoms with Gasteiger partial charge in [-0.2, -0.15) is 5.26 Å². The SMILES string of the molecule is COc1cc(Br)c(-c2ccc(CNCCN3CCN(Cc4cccc(CC#N)c4)CC3)c(=O)o2)cc1OC. The Hall–Kier alpha value is -3.16. The Bertz CT molecular complexity index is 1330. The Balaban J connectivity index is 1.22. The molecule has 0 amide bonds. The Morgan fingerprint density at radius 2 is 1.71 bits per heavy atom. The molecule has 200 valence electrons. The highest BCUT2D eigenvalue weighted by Gasteiger charge is 2.17. The van der Waals surface area contributed by atoms with Crippen LogP contribution in [0.1, 0.15) is 16.7 Å². The van der Waals surface area contributed by atoms with Gasteiger partial charge in [-0.15, -0.1) is 0 Å². The van der Waals surface area contributed by atoms with Crippen LogP contribution in [-0.2, 0) is 19.5 Å². The van der Waals surface area contributed by atoms with Gasteiger partial charge in [0.1, 0.15) is 5.76 Å². The summed E-state index contributed by atoms with van der Waals surface area (Å²) >= 11 is 3.52. The third-order valence-corrected chi connectivity index (χ3v) is 7.36. The maximum absolute atomic E-state index is 12.6. The molecule has 4 rings (SSSR count). The molecule has 1 aromatic heterocycles. The average Bonchev–Trinajstić information content (AvgIpc) is 2.93. The third-order valence-electron chi connectivity index (χ3n) is 6.71. The summed E-state index contributed by atoms with van der Waals surface area (Å²) in [5.41, 5.74) is 3.29. The van der Waals surface area contributed by atoms with Gasteiger partial charge in [-0.05, 0) is 51.3 Å². The molecule has 3 aromatic rings. The molecule has 0 atom stereocenters. The zero-order valence-corrected chi connectivity index (χ0v) is 23.4. The summed E-state index contributed by atoms with van der Waals surface area (Å²) in [6.07, 6.45) is 0.455. The van der Waals surface area contributed by atoms with E-state index >= 15 is 0 Å². The Morgan fingerprint density at radius 1 is 1.00 bits per heavy atom. The van der Waals surface area contributed by atoms with Crippen molar-refractivity contribution in [1.82, 2.24) is 15.1 Å². The quantitative estimate of drug-likeness (QED) is 0.339. The minimum atomic E-state index is -0.357. The summed E-state index contributed by atoms with van der Waals surface area (Å²) in [7, 11) is 3.14. The summed E-state index contributed by atoms with van der Waals surface area (Å²) < 4.78 is 17.1. The predicted octanol–water partition coefficient (Wildman–Crippen LogP) is 4.06. The van der Waals surface area contributed by atoms with Gasteiger partial charge in [0.25, 0.3) is 0 Å². The number of ether oxygens (including phenoxy) is 2. The van der Waals surface area contributed by atoms with Gasteiger partial charge in [0.2, 0.25) is 0 Å². The van der Waals surface area contributed by atoms with Crippen molar-refractivity contribution >= 4 is 15.9 Å². The molecular weight excluding hydrogens is 548 g/mol. The van der Waals surface area contributed by atoms with Crippen molar-refractivity contribution in [2.45, 2.75) is 19.5 Å². The number of nitriles is 1. The molecule has 1 saturated heterocycles. The topological polar surface area (TPSA) is 91.0 Å². The standard InChI is InChI=1S/C29H33BrN4O4/c1-36-27-17-24(25(30)18-28(27)37-2)26-7-6-23(29(35)38-26)19-32-10-11-33-12-14-34(15-13-33)20-22-5-3-4-21(16-22)8-9-31/h3-7,16-18,32H,8,10-15,19-20H2,1-2H3. The molecule has 1 aliphatic heterocycles. The van der Waals surface area contributed by atoms with E-state index in [1.165, 1.54) is 5.56 Å². The number of nitrogens with zero attached hydrogens (tertiary/aromatic N) is 3. The summed E-state index contributed by atoms with van der Waals surface area (Å²) in [5, 5.41) is 12.3. The molecule has 1 N–H and O–H groups in total. The van der Waals surface area contributed by atoms with Crippen molar-refractivity contribution in [1.29, 1.82) is 5.26 Å². The van der Waals surface area contributed by atoms with E-state index in [-0.39, 0.29) is 5.63 Å². The van der Waals surface area contributed by atoms with Gasteiger partial charge in [-0.1, -0.05) is 24.3 Å². The van der Waals surface area contributed by atoms with Crippen molar-refractivity contribution < 1.29 is 13.9 Å². The Morgan fingerprint density at radius 3 is 2.42 bits per heavy atom. The second kappa shape index (κ2) is 13.6. The van der Waals surface area contributed by atoms with Crippen LogP contribution in [0.5, 0.6) is 11.5 Å². The monoisotopic (exact) mass is 580 g/mol. The highest BCUT2D eigenvalue weighted by atomic mass is 79.9. The lowest BCUT2D eigenvalue weighted by molar-refractivity contribution is 0.127. The van der Waals surface area contributed by atoms with Crippen LogP contribution in [0.25, 0.3) is 11.3 Å². The van der Waals surface area contributed by atoms with Crippen molar-refractivity contribution in [3.8, 4) is 28.9 Å². The fourth-order valence-corrected chi connectivity index (χ4v) is 5.10. The fourth-order valence-electron chi connectivity index (χ4n) is 4.58. The van der Waals surface area contributed by atoms with E-state index in [1.807, 2.05) is 18.2 Å². The summed E-state index contributed by atoms with van der Waals surface area (Å²) in [6.45, 7) is 7.13. The maximum Gasteiger partial charge on any atom is 0.340 e. The number of hydrogen-bond acceptors (Lipinski definition) is 8. The molecule has 0 bridgehead atoms. The zero-order valence-electron chi connectivity index (χ0n) is 21.8. The van der Waals surface area contributed by atoms with Crippen LogP contribution in [-0.4, -0.2) is 63.3 Å². The lowest BCUT2D eigenvalue weighted by Crippen LogP contribution is -2.47. The molecule has 2 heterocycles. The number of piperazine rings is 1. The highest BCUT2D eigenvalue weighted by Crippen LogP contribution is 2.38. The minimum Gasteiger partial charge on any atom is -0.493 e. The highest BCUT2D eigenvalue weighted by molar-refractivity contribution is 9.10. The van der Waals surface area contributed by atoms with Gasteiger partial charge < -0.3 is 19.2 Å². The molecule has 1 fully saturated rings. The van der Waals surface area contributed by atoms with Gasteiger partial charge in [0.15, 0.2) is 11.5 Å². The first kappa shape index (κ1) is 27.9.